The molecule has 0 aliphatic heterocycles. The average Bonchev–Trinajstić information content (AvgIpc) is 2.68. The van der Waals surface area contributed by atoms with Crippen LogP contribution in [0.4, 0.5) is 0 Å². The van der Waals surface area contributed by atoms with Gasteiger partial charge in [-0.25, -0.2) is 0 Å². The van der Waals surface area contributed by atoms with Crippen molar-refractivity contribution in [3.05, 3.63) is 46.4 Å². The molecule has 0 N–H and O–H groups in total. The van der Waals surface area contributed by atoms with Crippen LogP contribution in [0.1, 0.15) is 10.4 Å². The number of carbonyl (C=O) groups is 1. The highest BCUT2D eigenvalue weighted by molar-refractivity contribution is 9.10. The van der Waals surface area contributed by atoms with Gasteiger partial charge in [0, 0.05) is 20.8 Å². The van der Waals surface area contributed by atoms with Crippen LogP contribution >= 0.6 is 15.9 Å². The van der Waals surface area contributed by atoms with Gasteiger partial charge < -0.3 is 4.42 Å². The molecule has 16 heavy (non-hydrogen) atoms. The number of fused-ring (bicyclic) bond motifs is 3. The molecule has 0 unspecified atom stereocenters. The Hall–Kier alpha value is -1.61. The maximum Gasteiger partial charge on any atom is 0.150 e. The van der Waals surface area contributed by atoms with Gasteiger partial charge >= 0.3 is 0 Å². The second-order valence-corrected chi connectivity index (χ2v) is 4.41. The van der Waals surface area contributed by atoms with E-state index in [0.29, 0.717) is 5.56 Å². The number of hydrogen-bond donors (Lipinski definition) is 0. The Morgan fingerprint density at radius 1 is 1.00 bits per heavy atom. The fourth-order valence-electron chi connectivity index (χ4n) is 1.95. The number of hydrogen-bond acceptors (Lipinski definition) is 2. The monoisotopic (exact) mass is 274 g/mol. The van der Waals surface area contributed by atoms with Gasteiger partial charge in [-0.05, 0) is 18.2 Å². The zero-order valence-corrected chi connectivity index (χ0v) is 9.82. The van der Waals surface area contributed by atoms with E-state index >= 15 is 0 Å². The molecule has 0 saturated carbocycles. The van der Waals surface area contributed by atoms with E-state index in [1.807, 2.05) is 30.3 Å². The molecule has 2 nitrogen and oxygen atoms in total. The van der Waals surface area contributed by atoms with Crippen molar-refractivity contribution in [3.8, 4) is 0 Å². The predicted octanol–water partition coefficient (Wildman–Crippen LogP) is 4.16. The SMILES string of the molecule is O=Cc1cccc2oc3cccc(Br)c3c12. The average molecular weight is 275 g/mol. The summed E-state index contributed by atoms with van der Waals surface area (Å²) >= 11 is 3.48. The number of rotatable bonds is 1. The Morgan fingerprint density at radius 2 is 1.69 bits per heavy atom. The molecule has 3 rings (SSSR count). The molecule has 0 aliphatic rings. The third-order valence-corrected chi connectivity index (χ3v) is 3.29. The standard InChI is InChI=1S/C13H7BrO2/c14-9-4-2-6-11-13(9)12-8(7-15)3-1-5-10(12)16-11/h1-7H. The van der Waals surface area contributed by atoms with Gasteiger partial charge in [0.2, 0.25) is 0 Å². The van der Waals surface area contributed by atoms with Crippen LogP contribution in [0.15, 0.2) is 45.3 Å². The predicted molar refractivity (Wildman–Crippen MR) is 66.8 cm³/mol. The summed E-state index contributed by atoms with van der Waals surface area (Å²) < 4.78 is 6.63. The van der Waals surface area contributed by atoms with Gasteiger partial charge in [-0.1, -0.05) is 34.1 Å². The molecule has 0 spiro atoms. The fourth-order valence-corrected chi connectivity index (χ4v) is 2.50. The van der Waals surface area contributed by atoms with Crippen molar-refractivity contribution >= 4 is 44.2 Å². The van der Waals surface area contributed by atoms with Crippen molar-refractivity contribution in [2.75, 3.05) is 0 Å². The second-order valence-electron chi connectivity index (χ2n) is 3.55. The number of carbonyl (C=O) groups excluding carboxylic acids is 1. The maximum absolute atomic E-state index is 11.0. The number of furan rings is 1. The normalized spacial score (nSPS) is 11.1. The highest BCUT2D eigenvalue weighted by Crippen LogP contribution is 2.35. The van der Waals surface area contributed by atoms with E-state index < -0.39 is 0 Å². The number of aldehydes is 1. The van der Waals surface area contributed by atoms with Gasteiger partial charge in [0.15, 0.2) is 6.29 Å². The van der Waals surface area contributed by atoms with Crippen LogP contribution in [0.2, 0.25) is 0 Å². The zero-order chi connectivity index (χ0) is 11.1. The summed E-state index contributed by atoms with van der Waals surface area (Å²) in [6.45, 7) is 0. The molecule has 78 valence electrons. The summed E-state index contributed by atoms with van der Waals surface area (Å²) in [7, 11) is 0. The first-order valence-corrected chi connectivity index (χ1v) is 5.65. The molecule has 0 bridgehead atoms. The molecule has 0 aliphatic carbocycles. The first-order chi connectivity index (χ1) is 7.81. The van der Waals surface area contributed by atoms with E-state index in [1.54, 1.807) is 6.07 Å². The first-order valence-electron chi connectivity index (χ1n) is 4.86. The van der Waals surface area contributed by atoms with E-state index in [0.717, 1.165) is 32.7 Å². The number of halogens is 1. The summed E-state index contributed by atoms with van der Waals surface area (Å²) in [5, 5.41) is 1.83. The smallest absolute Gasteiger partial charge is 0.150 e. The van der Waals surface area contributed by atoms with Crippen molar-refractivity contribution in [3.63, 3.8) is 0 Å². The summed E-state index contributed by atoms with van der Waals surface area (Å²) in [6, 6.07) is 11.2. The molecule has 3 heteroatoms. The molecule has 0 saturated heterocycles. The minimum atomic E-state index is 0.656. The van der Waals surface area contributed by atoms with Crippen LogP contribution in [-0.4, -0.2) is 6.29 Å². The number of benzene rings is 2. The molecule has 0 fully saturated rings. The van der Waals surface area contributed by atoms with Crippen molar-refractivity contribution in [1.82, 2.24) is 0 Å². The lowest BCUT2D eigenvalue weighted by Gasteiger charge is -1.95. The van der Waals surface area contributed by atoms with Crippen LogP contribution < -0.4 is 0 Å². The molecule has 2 aromatic carbocycles. The molecular formula is C13H7BrO2. The fraction of sp³-hybridized carbons (Fsp3) is 0. The van der Waals surface area contributed by atoms with Gasteiger partial charge in [-0.15, -0.1) is 0 Å². The first kappa shape index (κ1) is 9.60. The summed E-state index contributed by atoms with van der Waals surface area (Å²) in [4.78, 5) is 11.0. The molecule has 0 radical (unpaired) electrons. The Balaban J connectivity index is 2.65. The van der Waals surface area contributed by atoms with Gasteiger partial charge in [-0.3, -0.25) is 4.79 Å². The lowest BCUT2D eigenvalue weighted by molar-refractivity contribution is 0.112. The quantitative estimate of drug-likeness (QED) is 0.624. The van der Waals surface area contributed by atoms with Crippen molar-refractivity contribution in [2.24, 2.45) is 0 Å². The summed E-state index contributed by atoms with van der Waals surface area (Å²) in [5.41, 5.74) is 2.19. The largest absolute Gasteiger partial charge is 0.456 e. The zero-order valence-electron chi connectivity index (χ0n) is 8.24. The van der Waals surface area contributed by atoms with Crippen LogP contribution in [0, 0.1) is 0 Å². The van der Waals surface area contributed by atoms with Gasteiger partial charge in [0.1, 0.15) is 11.2 Å². The van der Waals surface area contributed by atoms with E-state index in [-0.39, 0.29) is 0 Å². The summed E-state index contributed by atoms with van der Waals surface area (Å²) in [6.07, 6.45) is 0.858. The Labute approximate surface area is 100.0 Å². The maximum atomic E-state index is 11.0. The highest BCUT2D eigenvalue weighted by Gasteiger charge is 2.12. The van der Waals surface area contributed by atoms with Gasteiger partial charge in [0.25, 0.3) is 0 Å². The Bertz CT molecular complexity index is 698. The third-order valence-electron chi connectivity index (χ3n) is 2.63. The van der Waals surface area contributed by atoms with Gasteiger partial charge in [-0.2, -0.15) is 0 Å². The van der Waals surface area contributed by atoms with Crippen molar-refractivity contribution < 1.29 is 9.21 Å². The van der Waals surface area contributed by atoms with E-state index in [9.17, 15) is 4.79 Å². The third kappa shape index (κ3) is 1.21. The van der Waals surface area contributed by atoms with Crippen LogP contribution in [0.25, 0.3) is 21.9 Å². The minimum Gasteiger partial charge on any atom is -0.456 e. The lowest BCUT2D eigenvalue weighted by Crippen LogP contribution is -1.80. The molecule has 3 aromatic rings. The van der Waals surface area contributed by atoms with E-state index in [1.165, 1.54) is 0 Å². The van der Waals surface area contributed by atoms with Gasteiger partial charge in [0.05, 0.1) is 0 Å². The molecule has 1 heterocycles. The van der Waals surface area contributed by atoms with Crippen LogP contribution in [0.3, 0.4) is 0 Å². The highest BCUT2D eigenvalue weighted by atomic mass is 79.9. The van der Waals surface area contributed by atoms with Crippen molar-refractivity contribution in [1.29, 1.82) is 0 Å². The van der Waals surface area contributed by atoms with E-state index in [4.69, 9.17) is 4.42 Å². The minimum absolute atomic E-state index is 0.656. The molecular weight excluding hydrogens is 268 g/mol. The molecule has 0 amide bonds. The molecule has 0 atom stereocenters. The van der Waals surface area contributed by atoms with Crippen LogP contribution in [0.5, 0.6) is 0 Å². The Kier molecular flexibility index (Phi) is 2.07. The van der Waals surface area contributed by atoms with Crippen molar-refractivity contribution in [2.45, 2.75) is 0 Å². The molecule has 1 aromatic heterocycles. The lowest BCUT2D eigenvalue weighted by atomic mass is 10.1. The Morgan fingerprint density at radius 3 is 2.44 bits per heavy atom. The van der Waals surface area contributed by atoms with E-state index in [2.05, 4.69) is 15.9 Å². The second kappa shape index (κ2) is 3.46. The van der Waals surface area contributed by atoms with Crippen LogP contribution in [-0.2, 0) is 0 Å². The topological polar surface area (TPSA) is 30.2 Å². The summed E-state index contributed by atoms with van der Waals surface area (Å²) in [5.74, 6) is 0.